The minimum atomic E-state index is -4.64. The summed E-state index contributed by atoms with van der Waals surface area (Å²) < 4.78 is 51.6. The minimum absolute atomic E-state index is 0. The summed E-state index contributed by atoms with van der Waals surface area (Å²) in [6.45, 7) is 3.26. The van der Waals surface area contributed by atoms with Gasteiger partial charge in [-0.25, -0.2) is 4.39 Å². The maximum atomic E-state index is 13.3. The number of hydrogen-bond donors (Lipinski definition) is 1. The van der Waals surface area contributed by atoms with Crippen molar-refractivity contribution in [1.29, 1.82) is 0 Å². The van der Waals surface area contributed by atoms with Gasteiger partial charge in [-0.1, -0.05) is 6.07 Å². The van der Waals surface area contributed by atoms with Gasteiger partial charge in [-0.3, -0.25) is 4.90 Å². The lowest BCUT2D eigenvalue weighted by molar-refractivity contribution is -0.140. The van der Waals surface area contributed by atoms with Crippen LogP contribution in [0.2, 0.25) is 0 Å². The van der Waals surface area contributed by atoms with Crippen LogP contribution in [-0.2, 0) is 12.7 Å². The second kappa shape index (κ2) is 8.02. The molecule has 2 fully saturated rings. The quantitative estimate of drug-likeness (QED) is 0.784. The molecule has 3 rings (SSSR count). The topological polar surface area (TPSA) is 15.3 Å². The average molecular weight is 367 g/mol. The Balaban J connectivity index is 0.00000208. The van der Waals surface area contributed by atoms with Gasteiger partial charge in [0.2, 0.25) is 0 Å². The summed E-state index contributed by atoms with van der Waals surface area (Å²) in [6, 6.07) is 3.82. The van der Waals surface area contributed by atoms with Crippen LogP contribution in [0.3, 0.4) is 0 Å². The summed E-state index contributed by atoms with van der Waals surface area (Å²) >= 11 is 0. The zero-order valence-electron chi connectivity index (χ0n) is 13.4. The first-order chi connectivity index (χ1) is 10.9. The molecule has 0 radical (unpaired) electrons. The molecule has 7 heteroatoms. The van der Waals surface area contributed by atoms with Gasteiger partial charge in [-0.2, -0.15) is 13.2 Å². The lowest BCUT2D eigenvalue weighted by Crippen LogP contribution is -2.42. The number of benzene rings is 1. The third-order valence-electron chi connectivity index (χ3n) is 4.72. The molecule has 0 amide bonds. The highest BCUT2D eigenvalue weighted by Gasteiger charge is 2.34. The van der Waals surface area contributed by atoms with E-state index in [1.807, 2.05) is 0 Å². The largest absolute Gasteiger partial charge is 0.419 e. The molecule has 24 heavy (non-hydrogen) atoms. The van der Waals surface area contributed by atoms with Crippen molar-refractivity contribution in [3.8, 4) is 0 Å². The van der Waals surface area contributed by atoms with Crippen molar-refractivity contribution in [2.24, 2.45) is 5.92 Å². The first-order valence-corrected chi connectivity index (χ1v) is 8.23. The van der Waals surface area contributed by atoms with Gasteiger partial charge in [0, 0.05) is 12.6 Å². The average Bonchev–Trinajstić information content (AvgIpc) is 3.32. The Bertz CT molecular complexity index is 538. The van der Waals surface area contributed by atoms with Gasteiger partial charge in [0.25, 0.3) is 0 Å². The van der Waals surface area contributed by atoms with Crippen LogP contribution in [-0.4, -0.2) is 30.6 Å². The van der Waals surface area contributed by atoms with Gasteiger partial charge in [0.15, 0.2) is 0 Å². The Labute approximate surface area is 146 Å². The summed E-state index contributed by atoms with van der Waals surface area (Å²) in [6.07, 6.45) is 0.0514. The molecule has 1 heterocycles. The number of alkyl halides is 3. The second-order valence-electron chi connectivity index (χ2n) is 6.71. The van der Waals surface area contributed by atoms with Crippen LogP contribution in [0.5, 0.6) is 0 Å². The molecule has 1 saturated carbocycles. The molecule has 0 unspecified atom stereocenters. The normalized spacial score (nSPS) is 20.0. The Hall–Kier alpha value is -0.850. The molecule has 1 aromatic carbocycles. The molecule has 1 aromatic rings. The highest BCUT2D eigenvalue weighted by atomic mass is 35.5. The van der Waals surface area contributed by atoms with E-state index in [2.05, 4.69) is 10.2 Å². The number of rotatable bonds is 5. The Morgan fingerprint density at radius 1 is 1.08 bits per heavy atom. The second-order valence-corrected chi connectivity index (χ2v) is 6.71. The molecule has 1 aliphatic carbocycles. The monoisotopic (exact) mass is 366 g/mol. The van der Waals surface area contributed by atoms with Crippen LogP contribution >= 0.6 is 12.4 Å². The summed E-state index contributed by atoms with van der Waals surface area (Å²) in [7, 11) is 0. The van der Waals surface area contributed by atoms with E-state index in [0.29, 0.717) is 18.2 Å². The number of hydrogen-bond acceptors (Lipinski definition) is 2. The Morgan fingerprint density at radius 3 is 2.33 bits per heavy atom. The molecule has 1 aliphatic heterocycles. The zero-order valence-corrected chi connectivity index (χ0v) is 14.2. The van der Waals surface area contributed by atoms with E-state index < -0.39 is 17.6 Å². The molecular formula is C17H23ClF4N2. The van der Waals surface area contributed by atoms with Crippen molar-refractivity contribution in [1.82, 2.24) is 10.2 Å². The molecular weight excluding hydrogens is 344 g/mol. The van der Waals surface area contributed by atoms with Gasteiger partial charge >= 0.3 is 6.18 Å². The lowest BCUT2D eigenvalue weighted by Gasteiger charge is -2.32. The van der Waals surface area contributed by atoms with Gasteiger partial charge < -0.3 is 5.32 Å². The molecule has 0 atom stereocenters. The summed E-state index contributed by atoms with van der Waals surface area (Å²) in [5, 5.41) is 3.58. The van der Waals surface area contributed by atoms with E-state index in [0.717, 1.165) is 50.5 Å². The maximum absolute atomic E-state index is 13.3. The fourth-order valence-corrected chi connectivity index (χ4v) is 3.10. The lowest BCUT2D eigenvalue weighted by atomic mass is 10.0. The predicted octanol–water partition coefficient (Wildman–Crippen LogP) is 4.23. The maximum Gasteiger partial charge on any atom is 0.419 e. The number of nitrogens with one attached hydrogen (secondary N) is 1. The van der Waals surface area contributed by atoms with Gasteiger partial charge in [0.05, 0.1) is 5.56 Å². The SMILES string of the molecule is Cl.Fc1ccc(CN2CCC(NCC3CC3)CC2)cc1C(F)(F)F. The summed E-state index contributed by atoms with van der Waals surface area (Å²) in [5.41, 5.74) is -0.654. The first kappa shape index (κ1) is 19.5. The van der Waals surface area contributed by atoms with Crippen molar-refractivity contribution in [3.05, 3.63) is 35.1 Å². The number of halogens is 5. The fraction of sp³-hybridized carbons (Fsp3) is 0.647. The van der Waals surface area contributed by atoms with Crippen LogP contribution in [0.1, 0.15) is 36.8 Å². The Kier molecular flexibility index (Phi) is 6.51. The fourth-order valence-electron chi connectivity index (χ4n) is 3.10. The predicted molar refractivity (Wildman–Crippen MR) is 87.7 cm³/mol. The van der Waals surface area contributed by atoms with Crippen molar-refractivity contribution in [3.63, 3.8) is 0 Å². The van der Waals surface area contributed by atoms with E-state index in [-0.39, 0.29) is 12.4 Å². The third-order valence-corrected chi connectivity index (χ3v) is 4.72. The van der Waals surface area contributed by atoms with Gasteiger partial charge in [-0.05, 0) is 68.9 Å². The molecule has 2 aliphatic rings. The smallest absolute Gasteiger partial charge is 0.314 e. The van der Waals surface area contributed by atoms with Crippen LogP contribution < -0.4 is 5.32 Å². The van der Waals surface area contributed by atoms with E-state index in [9.17, 15) is 17.6 Å². The highest BCUT2D eigenvalue weighted by Crippen LogP contribution is 2.32. The van der Waals surface area contributed by atoms with Crippen molar-refractivity contribution in [2.75, 3.05) is 19.6 Å². The van der Waals surface area contributed by atoms with Crippen molar-refractivity contribution >= 4 is 12.4 Å². The number of nitrogens with zero attached hydrogens (tertiary/aromatic N) is 1. The molecule has 2 nitrogen and oxygen atoms in total. The number of piperidine rings is 1. The zero-order chi connectivity index (χ0) is 16.4. The molecule has 1 saturated heterocycles. The van der Waals surface area contributed by atoms with Crippen LogP contribution in [0.25, 0.3) is 0 Å². The molecule has 0 aromatic heterocycles. The molecule has 0 bridgehead atoms. The van der Waals surface area contributed by atoms with E-state index in [1.165, 1.54) is 18.9 Å². The van der Waals surface area contributed by atoms with Crippen LogP contribution in [0.15, 0.2) is 18.2 Å². The van der Waals surface area contributed by atoms with Crippen LogP contribution in [0, 0.1) is 11.7 Å². The molecule has 0 spiro atoms. The number of likely N-dealkylation sites (tertiary alicyclic amines) is 1. The molecule has 1 N–H and O–H groups in total. The van der Waals surface area contributed by atoms with Gasteiger partial charge in [0.1, 0.15) is 5.82 Å². The summed E-state index contributed by atoms with van der Waals surface area (Å²) in [5.74, 6) is -0.350. The van der Waals surface area contributed by atoms with Crippen LogP contribution in [0.4, 0.5) is 17.6 Å². The summed E-state index contributed by atoms with van der Waals surface area (Å²) in [4.78, 5) is 2.14. The van der Waals surface area contributed by atoms with E-state index in [1.54, 1.807) is 0 Å². The Morgan fingerprint density at radius 2 is 1.75 bits per heavy atom. The third kappa shape index (κ3) is 5.33. The van der Waals surface area contributed by atoms with Crippen molar-refractivity contribution in [2.45, 2.75) is 44.4 Å². The van der Waals surface area contributed by atoms with Gasteiger partial charge in [-0.15, -0.1) is 12.4 Å². The van der Waals surface area contributed by atoms with E-state index >= 15 is 0 Å². The first-order valence-electron chi connectivity index (χ1n) is 8.23. The minimum Gasteiger partial charge on any atom is -0.314 e. The standard InChI is InChI=1S/C17H22F4N2.ClH/c18-16-4-3-13(9-15(16)17(19,20)21)11-23-7-5-14(6-8-23)22-10-12-1-2-12;/h3-4,9,12,14,22H,1-2,5-8,10-11H2;1H. The van der Waals surface area contributed by atoms with Crippen molar-refractivity contribution < 1.29 is 17.6 Å². The van der Waals surface area contributed by atoms with E-state index in [4.69, 9.17) is 0 Å². The molecule has 136 valence electrons. The highest BCUT2D eigenvalue weighted by molar-refractivity contribution is 5.85.